The molecule has 1 N–H and O–H groups in total. The highest BCUT2D eigenvalue weighted by atomic mass is 32.1. The summed E-state index contributed by atoms with van der Waals surface area (Å²) in [6.45, 7) is 0. The van der Waals surface area contributed by atoms with Crippen LogP contribution in [0.25, 0.3) is 10.1 Å². The summed E-state index contributed by atoms with van der Waals surface area (Å²) in [6.07, 6.45) is 0. The third-order valence-corrected chi connectivity index (χ3v) is 5.00. The third kappa shape index (κ3) is 3.21. The zero-order valence-electron chi connectivity index (χ0n) is 14.5. The van der Waals surface area contributed by atoms with Crippen molar-refractivity contribution >= 4 is 39.0 Å². The fourth-order valence-electron chi connectivity index (χ4n) is 2.57. The minimum atomic E-state index is -0.492. The van der Waals surface area contributed by atoms with E-state index in [2.05, 4.69) is 5.32 Å². The van der Waals surface area contributed by atoms with Crippen LogP contribution in [0.1, 0.15) is 20.0 Å². The third-order valence-electron chi connectivity index (χ3n) is 3.85. The van der Waals surface area contributed by atoms with E-state index in [1.165, 1.54) is 32.7 Å². The number of hydrogen-bond donors (Lipinski definition) is 1. The average molecular weight is 371 g/mol. The van der Waals surface area contributed by atoms with E-state index in [1.807, 2.05) is 24.3 Å². The second kappa shape index (κ2) is 7.45. The zero-order valence-corrected chi connectivity index (χ0v) is 15.3. The van der Waals surface area contributed by atoms with E-state index in [-0.39, 0.29) is 5.91 Å². The van der Waals surface area contributed by atoms with Crippen molar-refractivity contribution < 1.29 is 23.8 Å². The van der Waals surface area contributed by atoms with Gasteiger partial charge in [-0.2, -0.15) is 0 Å². The highest BCUT2D eigenvalue weighted by molar-refractivity contribution is 7.21. The molecule has 6 nitrogen and oxygen atoms in total. The van der Waals surface area contributed by atoms with E-state index < -0.39 is 5.97 Å². The van der Waals surface area contributed by atoms with Crippen molar-refractivity contribution in [2.75, 3.05) is 26.6 Å². The highest BCUT2D eigenvalue weighted by Gasteiger charge is 2.21. The Kier molecular flexibility index (Phi) is 5.09. The molecule has 0 bridgehead atoms. The Bertz CT molecular complexity index is 979. The van der Waals surface area contributed by atoms with E-state index >= 15 is 0 Å². The summed E-state index contributed by atoms with van der Waals surface area (Å²) < 4.78 is 16.1. The first-order valence-electron chi connectivity index (χ1n) is 7.72. The number of benzene rings is 2. The predicted molar refractivity (Wildman–Crippen MR) is 101 cm³/mol. The fourth-order valence-corrected chi connectivity index (χ4v) is 3.65. The summed E-state index contributed by atoms with van der Waals surface area (Å²) in [5, 5.41) is 3.61. The van der Waals surface area contributed by atoms with Crippen molar-refractivity contribution in [2.45, 2.75) is 0 Å². The molecule has 0 radical (unpaired) electrons. The second-order valence-corrected chi connectivity index (χ2v) is 6.37. The molecule has 0 aliphatic heterocycles. The number of esters is 1. The van der Waals surface area contributed by atoms with Crippen LogP contribution < -0.4 is 14.8 Å². The molecule has 0 aliphatic carbocycles. The quantitative estimate of drug-likeness (QED) is 0.687. The van der Waals surface area contributed by atoms with Crippen LogP contribution >= 0.6 is 11.3 Å². The molecule has 1 amide bonds. The molecular weight excluding hydrogens is 354 g/mol. The van der Waals surface area contributed by atoms with Gasteiger partial charge in [0.1, 0.15) is 4.88 Å². The Morgan fingerprint density at radius 1 is 0.962 bits per heavy atom. The van der Waals surface area contributed by atoms with Crippen molar-refractivity contribution in [3.63, 3.8) is 0 Å². The number of rotatable bonds is 5. The molecule has 0 saturated heterocycles. The molecule has 0 aliphatic rings. The number of amides is 1. The topological polar surface area (TPSA) is 73.9 Å². The van der Waals surface area contributed by atoms with Crippen LogP contribution in [0.5, 0.6) is 11.5 Å². The summed E-state index contributed by atoms with van der Waals surface area (Å²) in [7, 11) is 4.34. The van der Waals surface area contributed by atoms with Crippen molar-refractivity contribution in [1.82, 2.24) is 0 Å². The number of fused-ring (bicyclic) bond motifs is 1. The number of carbonyl (C=O) groups excluding carboxylic acids is 2. The van der Waals surface area contributed by atoms with Crippen LogP contribution in [-0.2, 0) is 4.74 Å². The molecule has 3 aromatic rings. The molecular formula is C19H17NO5S. The van der Waals surface area contributed by atoms with E-state index in [1.54, 1.807) is 18.2 Å². The van der Waals surface area contributed by atoms with E-state index in [0.717, 1.165) is 10.1 Å². The van der Waals surface area contributed by atoms with Gasteiger partial charge >= 0.3 is 5.97 Å². The summed E-state index contributed by atoms with van der Waals surface area (Å²) in [4.78, 5) is 25.2. The zero-order chi connectivity index (χ0) is 18.7. The monoisotopic (exact) mass is 371 g/mol. The predicted octanol–water partition coefficient (Wildman–Crippen LogP) is 3.96. The molecule has 0 unspecified atom stereocenters. The number of carbonyl (C=O) groups is 2. The lowest BCUT2D eigenvalue weighted by molar-refractivity contribution is 0.0607. The lowest BCUT2D eigenvalue weighted by Crippen LogP contribution is -2.14. The number of anilines is 1. The molecule has 0 atom stereocenters. The standard InChI is InChI=1S/C19H17NO5S/c1-23-13-9-8-11(10-14(13)24-2)18(21)20-16-12-6-4-5-7-15(12)26-17(16)19(22)25-3/h4-10H,1-3H3,(H,20,21). The molecule has 26 heavy (non-hydrogen) atoms. The van der Waals surface area contributed by atoms with Crippen LogP contribution in [0.4, 0.5) is 5.69 Å². The number of ether oxygens (including phenoxy) is 3. The van der Waals surface area contributed by atoms with Gasteiger partial charge in [0.2, 0.25) is 0 Å². The molecule has 3 rings (SSSR count). The van der Waals surface area contributed by atoms with Gasteiger partial charge in [-0.25, -0.2) is 4.79 Å². The van der Waals surface area contributed by atoms with Crippen LogP contribution in [0.15, 0.2) is 42.5 Å². The first-order chi connectivity index (χ1) is 12.6. The van der Waals surface area contributed by atoms with E-state index in [0.29, 0.717) is 27.6 Å². The van der Waals surface area contributed by atoms with Crippen LogP contribution in [0.2, 0.25) is 0 Å². The summed E-state index contributed by atoms with van der Waals surface area (Å²) in [5.41, 5.74) is 0.825. The first kappa shape index (κ1) is 17.8. The van der Waals surface area contributed by atoms with Crippen LogP contribution in [0.3, 0.4) is 0 Å². The van der Waals surface area contributed by atoms with Crippen molar-refractivity contribution in [3.8, 4) is 11.5 Å². The maximum absolute atomic E-state index is 12.7. The van der Waals surface area contributed by atoms with Gasteiger partial charge in [-0.3, -0.25) is 4.79 Å². The van der Waals surface area contributed by atoms with Gasteiger partial charge in [-0.1, -0.05) is 18.2 Å². The summed E-state index contributed by atoms with van der Waals surface area (Å²) in [5.74, 6) is 0.122. The minimum Gasteiger partial charge on any atom is -0.493 e. The number of hydrogen-bond acceptors (Lipinski definition) is 6. The Morgan fingerprint density at radius 2 is 1.69 bits per heavy atom. The number of thiophene rings is 1. The number of methoxy groups -OCH3 is 3. The molecule has 0 spiro atoms. The van der Waals surface area contributed by atoms with Gasteiger partial charge in [0.15, 0.2) is 11.5 Å². The van der Waals surface area contributed by atoms with Gasteiger partial charge in [0.05, 0.1) is 27.0 Å². The smallest absolute Gasteiger partial charge is 0.350 e. The summed E-state index contributed by atoms with van der Waals surface area (Å²) in [6, 6.07) is 12.3. The molecule has 1 heterocycles. The Balaban J connectivity index is 2.00. The molecule has 134 valence electrons. The van der Waals surface area contributed by atoms with E-state index in [9.17, 15) is 9.59 Å². The molecule has 0 fully saturated rings. The van der Waals surface area contributed by atoms with Gasteiger partial charge in [0.25, 0.3) is 5.91 Å². The maximum atomic E-state index is 12.7. The second-order valence-electron chi connectivity index (χ2n) is 5.32. The lowest BCUT2D eigenvalue weighted by Gasteiger charge is -2.10. The van der Waals surface area contributed by atoms with Gasteiger partial charge < -0.3 is 19.5 Å². The maximum Gasteiger partial charge on any atom is 0.350 e. The van der Waals surface area contributed by atoms with Crippen molar-refractivity contribution in [1.29, 1.82) is 0 Å². The molecule has 0 saturated carbocycles. The minimum absolute atomic E-state index is 0.350. The van der Waals surface area contributed by atoms with Gasteiger partial charge in [0, 0.05) is 15.6 Å². The van der Waals surface area contributed by atoms with Crippen molar-refractivity contribution in [3.05, 3.63) is 52.9 Å². The van der Waals surface area contributed by atoms with Crippen LogP contribution in [0, 0.1) is 0 Å². The van der Waals surface area contributed by atoms with Gasteiger partial charge in [-0.15, -0.1) is 11.3 Å². The largest absolute Gasteiger partial charge is 0.493 e. The average Bonchev–Trinajstić information content (AvgIpc) is 3.05. The molecule has 1 aromatic heterocycles. The SMILES string of the molecule is COC(=O)c1sc2ccccc2c1NC(=O)c1ccc(OC)c(OC)c1. The molecule has 2 aromatic carbocycles. The van der Waals surface area contributed by atoms with E-state index in [4.69, 9.17) is 14.2 Å². The first-order valence-corrected chi connectivity index (χ1v) is 8.54. The number of nitrogens with one attached hydrogen (secondary N) is 1. The lowest BCUT2D eigenvalue weighted by atomic mass is 10.1. The van der Waals surface area contributed by atoms with Crippen molar-refractivity contribution in [2.24, 2.45) is 0 Å². The van der Waals surface area contributed by atoms with Gasteiger partial charge in [-0.05, 0) is 24.3 Å². The Hall–Kier alpha value is -3.06. The van der Waals surface area contributed by atoms with Crippen LogP contribution in [-0.4, -0.2) is 33.2 Å². The Labute approximate surface area is 154 Å². The fraction of sp³-hybridized carbons (Fsp3) is 0.158. The Morgan fingerprint density at radius 3 is 2.38 bits per heavy atom. The normalized spacial score (nSPS) is 10.4. The highest BCUT2D eigenvalue weighted by Crippen LogP contribution is 2.37. The molecule has 7 heteroatoms. The summed E-state index contributed by atoms with van der Waals surface area (Å²) >= 11 is 1.27.